The maximum atomic E-state index is 10.7. The first-order valence-corrected chi connectivity index (χ1v) is 5.75. The number of rotatable bonds is 3. The lowest BCUT2D eigenvalue weighted by atomic mass is 9.87. The maximum Gasteiger partial charge on any atom is 0.270 e. The van der Waals surface area contributed by atoms with Crippen molar-refractivity contribution < 1.29 is 10.0 Å². The van der Waals surface area contributed by atoms with Crippen molar-refractivity contribution in [3.63, 3.8) is 0 Å². The molecule has 4 heteroatoms. The molecule has 0 aromatic heterocycles. The van der Waals surface area contributed by atoms with Gasteiger partial charge in [-0.25, -0.2) is 0 Å². The van der Waals surface area contributed by atoms with Gasteiger partial charge in [-0.1, -0.05) is 18.2 Å². The smallest absolute Gasteiger partial charge is 0.270 e. The Kier molecular flexibility index (Phi) is 3.54. The summed E-state index contributed by atoms with van der Waals surface area (Å²) in [5.41, 5.74) is 2.21. The highest BCUT2D eigenvalue weighted by molar-refractivity contribution is 5.68. The Hall–Kier alpha value is -1.68. The van der Waals surface area contributed by atoms with Crippen LogP contribution in [-0.2, 0) is 0 Å². The van der Waals surface area contributed by atoms with Gasteiger partial charge in [-0.15, -0.1) is 0 Å². The number of allylic oxidation sites excluding steroid dienone is 2. The molecule has 0 aliphatic heterocycles. The summed E-state index contributed by atoms with van der Waals surface area (Å²) in [6.07, 6.45) is 4.77. The van der Waals surface area contributed by atoms with Crippen molar-refractivity contribution in [2.45, 2.75) is 19.3 Å². The third kappa shape index (κ3) is 2.71. The van der Waals surface area contributed by atoms with Crippen LogP contribution in [0.5, 0.6) is 0 Å². The molecular formula is C13H15NO3. The number of hydrogen-bond donors (Lipinski definition) is 1. The fourth-order valence-electron chi connectivity index (χ4n) is 2.14. The molecule has 1 aromatic carbocycles. The van der Waals surface area contributed by atoms with Crippen LogP contribution in [0.3, 0.4) is 0 Å². The van der Waals surface area contributed by atoms with E-state index in [0.717, 1.165) is 30.4 Å². The number of hydrogen-bond acceptors (Lipinski definition) is 3. The number of benzene rings is 1. The van der Waals surface area contributed by atoms with Crippen LogP contribution in [0.25, 0.3) is 5.57 Å². The number of aliphatic hydroxyl groups excluding tert-OH is 1. The average Bonchev–Trinajstić information content (AvgIpc) is 2.39. The zero-order valence-electron chi connectivity index (χ0n) is 9.50. The summed E-state index contributed by atoms with van der Waals surface area (Å²) in [4.78, 5) is 10.3. The average molecular weight is 233 g/mol. The molecule has 0 saturated heterocycles. The number of non-ortho nitro benzene ring substituents is 1. The predicted octanol–water partition coefficient (Wildman–Crippen LogP) is 2.77. The zero-order valence-corrected chi connectivity index (χ0v) is 9.50. The van der Waals surface area contributed by atoms with E-state index in [1.54, 1.807) is 12.1 Å². The molecule has 1 aliphatic carbocycles. The van der Waals surface area contributed by atoms with Gasteiger partial charge in [-0.05, 0) is 36.3 Å². The monoisotopic (exact) mass is 233 g/mol. The molecule has 0 heterocycles. The topological polar surface area (TPSA) is 63.4 Å². The van der Waals surface area contributed by atoms with E-state index in [9.17, 15) is 10.1 Å². The van der Waals surface area contributed by atoms with Crippen molar-refractivity contribution in [2.24, 2.45) is 5.92 Å². The van der Waals surface area contributed by atoms with Crippen molar-refractivity contribution in [2.75, 3.05) is 6.61 Å². The number of nitro benzene ring substituents is 1. The standard InChI is InChI=1S/C13H15NO3/c15-9-10-4-6-11(7-5-10)12-2-1-3-13(8-12)14(16)17/h1-3,6,8,10,15H,4-5,7,9H2. The minimum absolute atomic E-state index is 0.132. The molecule has 4 nitrogen and oxygen atoms in total. The van der Waals surface area contributed by atoms with Gasteiger partial charge in [0.2, 0.25) is 0 Å². The van der Waals surface area contributed by atoms with Crippen molar-refractivity contribution >= 4 is 11.3 Å². The van der Waals surface area contributed by atoms with Crippen LogP contribution in [0, 0.1) is 16.0 Å². The molecule has 17 heavy (non-hydrogen) atoms. The van der Waals surface area contributed by atoms with Gasteiger partial charge in [0.15, 0.2) is 0 Å². The lowest BCUT2D eigenvalue weighted by molar-refractivity contribution is -0.384. The third-order valence-corrected chi connectivity index (χ3v) is 3.21. The molecule has 0 spiro atoms. The first-order valence-electron chi connectivity index (χ1n) is 5.75. The predicted molar refractivity (Wildman–Crippen MR) is 65.5 cm³/mol. The Morgan fingerprint density at radius 1 is 1.47 bits per heavy atom. The third-order valence-electron chi connectivity index (χ3n) is 3.21. The van der Waals surface area contributed by atoms with E-state index < -0.39 is 0 Å². The molecule has 1 unspecified atom stereocenters. The highest BCUT2D eigenvalue weighted by Gasteiger charge is 2.15. The van der Waals surface area contributed by atoms with Crippen LogP contribution in [0.15, 0.2) is 30.3 Å². The van der Waals surface area contributed by atoms with Gasteiger partial charge in [-0.2, -0.15) is 0 Å². The van der Waals surface area contributed by atoms with Gasteiger partial charge in [0.1, 0.15) is 0 Å². The fourth-order valence-corrected chi connectivity index (χ4v) is 2.14. The van der Waals surface area contributed by atoms with Gasteiger partial charge in [0, 0.05) is 18.7 Å². The van der Waals surface area contributed by atoms with Gasteiger partial charge in [0.05, 0.1) is 4.92 Å². The Morgan fingerprint density at radius 3 is 2.88 bits per heavy atom. The first-order chi connectivity index (χ1) is 8.20. The lowest BCUT2D eigenvalue weighted by Gasteiger charge is -2.19. The molecule has 1 atom stereocenters. The molecule has 0 bridgehead atoms. The molecule has 1 N–H and O–H groups in total. The Labute approximate surface area is 99.7 Å². The number of aliphatic hydroxyl groups is 1. The van der Waals surface area contributed by atoms with Crippen molar-refractivity contribution in [1.82, 2.24) is 0 Å². The van der Waals surface area contributed by atoms with Gasteiger partial charge in [-0.3, -0.25) is 10.1 Å². The maximum absolute atomic E-state index is 10.7. The van der Waals surface area contributed by atoms with E-state index in [2.05, 4.69) is 6.08 Å². The van der Waals surface area contributed by atoms with Crippen LogP contribution in [0.2, 0.25) is 0 Å². The molecule has 1 aromatic rings. The van der Waals surface area contributed by atoms with Crippen molar-refractivity contribution in [3.05, 3.63) is 46.0 Å². The molecule has 0 saturated carbocycles. The summed E-state index contributed by atoms with van der Waals surface area (Å²) in [5.74, 6) is 0.345. The molecular weight excluding hydrogens is 218 g/mol. The Morgan fingerprint density at radius 2 is 2.29 bits per heavy atom. The van der Waals surface area contributed by atoms with E-state index in [-0.39, 0.29) is 17.2 Å². The highest BCUT2D eigenvalue weighted by atomic mass is 16.6. The zero-order chi connectivity index (χ0) is 12.3. The van der Waals surface area contributed by atoms with Crippen LogP contribution in [-0.4, -0.2) is 16.6 Å². The second-order valence-electron chi connectivity index (χ2n) is 4.36. The van der Waals surface area contributed by atoms with Crippen LogP contribution in [0.4, 0.5) is 5.69 Å². The van der Waals surface area contributed by atoms with Crippen molar-refractivity contribution in [3.8, 4) is 0 Å². The quantitative estimate of drug-likeness (QED) is 0.645. The summed E-state index contributed by atoms with van der Waals surface area (Å²) >= 11 is 0. The minimum atomic E-state index is -0.372. The normalized spacial score (nSPS) is 19.8. The van der Waals surface area contributed by atoms with Crippen LogP contribution < -0.4 is 0 Å². The Balaban J connectivity index is 2.20. The van der Waals surface area contributed by atoms with E-state index in [0.29, 0.717) is 5.92 Å². The highest BCUT2D eigenvalue weighted by Crippen LogP contribution is 2.31. The van der Waals surface area contributed by atoms with Crippen LogP contribution in [0.1, 0.15) is 24.8 Å². The van der Waals surface area contributed by atoms with Crippen LogP contribution >= 0.6 is 0 Å². The van der Waals surface area contributed by atoms with E-state index in [1.165, 1.54) is 6.07 Å². The fraction of sp³-hybridized carbons (Fsp3) is 0.385. The summed E-state index contributed by atoms with van der Waals surface area (Å²) in [6.45, 7) is 0.221. The summed E-state index contributed by atoms with van der Waals surface area (Å²) in [7, 11) is 0. The molecule has 1 aliphatic rings. The lowest BCUT2D eigenvalue weighted by Crippen LogP contribution is -2.09. The van der Waals surface area contributed by atoms with Gasteiger partial charge in [0.25, 0.3) is 5.69 Å². The summed E-state index contributed by atoms with van der Waals surface area (Å²) in [5, 5.41) is 19.7. The molecule has 0 amide bonds. The van der Waals surface area contributed by atoms with Gasteiger partial charge < -0.3 is 5.11 Å². The largest absolute Gasteiger partial charge is 0.396 e. The molecule has 0 fully saturated rings. The second-order valence-corrected chi connectivity index (χ2v) is 4.36. The molecule has 90 valence electrons. The Bertz CT molecular complexity index is 454. The number of nitro groups is 1. The van der Waals surface area contributed by atoms with Gasteiger partial charge >= 0.3 is 0 Å². The number of nitrogens with zero attached hydrogens (tertiary/aromatic N) is 1. The first kappa shape index (κ1) is 11.8. The SMILES string of the molecule is O=[N+]([O-])c1cccc(C2=CCC(CO)CC2)c1. The molecule has 2 rings (SSSR count). The summed E-state index contributed by atoms with van der Waals surface area (Å²) in [6, 6.07) is 6.74. The minimum Gasteiger partial charge on any atom is -0.396 e. The second kappa shape index (κ2) is 5.10. The summed E-state index contributed by atoms with van der Waals surface area (Å²) < 4.78 is 0. The van der Waals surface area contributed by atoms with E-state index in [1.807, 2.05) is 6.07 Å². The van der Waals surface area contributed by atoms with Crippen molar-refractivity contribution in [1.29, 1.82) is 0 Å². The van der Waals surface area contributed by atoms with E-state index >= 15 is 0 Å². The van der Waals surface area contributed by atoms with E-state index in [4.69, 9.17) is 5.11 Å². The molecule has 0 radical (unpaired) electrons.